The summed E-state index contributed by atoms with van der Waals surface area (Å²) in [4.78, 5) is 18.1. The number of nitriles is 1. The molecule has 0 aromatic carbocycles. The van der Waals surface area contributed by atoms with E-state index < -0.39 is 0 Å². The van der Waals surface area contributed by atoms with Crippen molar-refractivity contribution in [1.29, 1.82) is 5.26 Å². The Balaban J connectivity index is 2.21. The van der Waals surface area contributed by atoms with Crippen LogP contribution in [0.2, 0.25) is 0 Å². The summed E-state index contributed by atoms with van der Waals surface area (Å²) < 4.78 is 0. The van der Waals surface area contributed by atoms with Gasteiger partial charge >= 0.3 is 6.03 Å². The molecule has 0 aromatic heterocycles. The molecule has 0 N–H and O–H groups in total. The Morgan fingerprint density at radius 2 is 2.38 bits per heavy atom. The molecule has 2 aliphatic rings. The van der Waals surface area contributed by atoms with E-state index in [1.165, 1.54) is 12.2 Å². The van der Waals surface area contributed by atoms with Crippen LogP contribution in [0, 0.1) is 11.3 Å². The van der Waals surface area contributed by atoms with Crippen LogP contribution in [0.15, 0.2) is 0 Å². The van der Waals surface area contributed by atoms with Crippen molar-refractivity contribution in [2.75, 3.05) is 13.7 Å². The Morgan fingerprint density at radius 1 is 1.62 bits per heavy atom. The summed E-state index contributed by atoms with van der Waals surface area (Å²) in [6.45, 7) is 0.630. The summed E-state index contributed by atoms with van der Waals surface area (Å²) in [5, 5.41) is 10.2. The minimum Gasteiger partial charge on any atom is -0.305 e. The number of hydrogen-bond acceptors (Lipinski definition) is 3. The van der Waals surface area contributed by atoms with E-state index in [-0.39, 0.29) is 18.1 Å². The molecule has 2 bridgehead atoms. The summed E-state index contributed by atoms with van der Waals surface area (Å²) in [7, 11) is 1.49. The fourth-order valence-corrected chi connectivity index (χ4v) is 2.00. The lowest BCUT2D eigenvalue weighted by Crippen LogP contribution is -2.38. The second kappa shape index (κ2) is 2.89. The number of piperidine rings is 1. The third-order valence-corrected chi connectivity index (χ3v) is 2.67. The first-order chi connectivity index (χ1) is 6.27. The maximum Gasteiger partial charge on any atom is 0.345 e. The van der Waals surface area contributed by atoms with E-state index in [9.17, 15) is 4.79 Å². The number of amides is 2. The van der Waals surface area contributed by atoms with Gasteiger partial charge in [0.1, 0.15) is 6.04 Å². The molecule has 70 valence electrons. The highest BCUT2D eigenvalue weighted by atomic mass is 16.7. The maximum atomic E-state index is 11.6. The van der Waals surface area contributed by atoms with E-state index in [1.54, 1.807) is 4.90 Å². The van der Waals surface area contributed by atoms with Crippen LogP contribution in [0.1, 0.15) is 12.8 Å². The third-order valence-electron chi connectivity index (χ3n) is 2.67. The third kappa shape index (κ3) is 1.06. The molecule has 0 aromatic rings. The molecule has 5 nitrogen and oxygen atoms in total. The van der Waals surface area contributed by atoms with Crippen molar-refractivity contribution in [3.05, 3.63) is 0 Å². The quantitative estimate of drug-likeness (QED) is 0.586. The molecule has 0 aliphatic carbocycles. The van der Waals surface area contributed by atoms with Gasteiger partial charge in [-0.3, -0.25) is 4.84 Å². The Bertz CT molecular complexity index is 273. The Hall–Kier alpha value is -1.28. The number of rotatable bonds is 1. The average Bonchev–Trinajstić information content (AvgIpc) is 2.41. The number of urea groups is 1. The van der Waals surface area contributed by atoms with Crippen molar-refractivity contribution in [2.24, 2.45) is 0 Å². The first kappa shape index (κ1) is 8.32. The molecular formula is C8H11N3O2. The predicted octanol–water partition coefficient (Wildman–Crippen LogP) is 0.340. The van der Waals surface area contributed by atoms with Crippen LogP contribution in [-0.2, 0) is 4.84 Å². The lowest BCUT2D eigenvalue weighted by atomic mass is 10.0. The van der Waals surface area contributed by atoms with E-state index in [4.69, 9.17) is 10.1 Å². The minimum atomic E-state index is -0.260. The largest absolute Gasteiger partial charge is 0.345 e. The van der Waals surface area contributed by atoms with Crippen molar-refractivity contribution in [2.45, 2.75) is 24.9 Å². The van der Waals surface area contributed by atoms with Crippen LogP contribution < -0.4 is 0 Å². The summed E-state index contributed by atoms with van der Waals surface area (Å²) in [6.07, 6.45) is 1.61. The first-order valence-electron chi connectivity index (χ1n) is 4.31. The molecule has 0 unspecified atom stereocenters. The van der Waals surface area contributed by atoms with Gasteiger partial charge in [0.25, 0.3) is 0 Å². The topological polar surface area (TPSA) is 56.6 Å². The highest BCUT2D eigenvalue weighted by molar-refractivity contribution is 5.77. The molecule has 13 heavy (non-hydrogen) atoms. The molecule has 2 fully saturated rings. The van der Waals surface area contributed by atoms with Crippen molar-refractivity contribution < 1.29 is 9.63 Å². The number of hydrogen-bond donors (Lipinski definition) is 0. The molecule has 2 heterocycles. The number of nitrogens with zero attached hydrogens (tertiary/aromatic N) is 3. The Morgan fingerprint density at radius 3 is 3.00 bits per heavy atom. The SMILES string of the molecule is CON1C(=O)N2C[C@H]1CC[C@H]2C#N. The lowest BCUT2D eigenvalue weighted by Gasteiger charge is -2.24. The van der Waals surface area contributed by atoms with Crippen molar-refractivity contribution >= 4 is 6.03 Å². The van der Waals surface area contributed by atoms with Gasteiger partial charge in [-0.05, 0) is 12.8 Å². The summed E-state index contributed by atoms with van der Waals surface area (Å²) in [6, 6.07) is 1.84. The van der Waals surface area contributed by atoms with E-state index in [2.05, 4.69) is 6.07 Å². The summed E-state index contributed by atoms with van der Waals surface area (Å²) in [5.74, 6) is 0. The second-order valence-corrected chi connectivity index (χ2v) is 3.32. The van der Waals surface area contributed by atoms with Gasteiger partial charge in [0, 0.05) is 6.54 Å². The standard InChI is InChI=1S/C8H11N3O2/c1-13-11-7-3-2-6(4-9)10(5-7)8(11)12/h6-7H,2-3,5H2,1H3/t6-,7+/m0/s1. The second-order valence-electron chi connectivity index (χ2n) is 3.32. The van der Waals surface area contributed by atoms with E-state index in [0.29, 0.717) is 6.54 Å². The minimum absolute atomic E-state index is 0.141. The molecule has 2 aliphatic heterocycles. The normalized spacial score (nSPS) is 32.2. The predicted molar refractivity (Wildman–Crippen MR) is 43.4 cm³/mol. The monoisotopic (exact) mass is 181 g/mol. The Kier molecular flexibility index (Phi) is 1.85. The highest BCUT2D eigenvalue weighted by Gasteiger charge is 2.45. The summed E-state index contributed by atoms with van der Waals surface area (Å²) in [5.41, 5.74) is 0. The molecule has 0 radical (unpaired) electrons. The fraction of sp³-hybridized carbons (Fsp3) is 0.750. The van der Waals surface area contributed by atoms with Gasteiger partial charge in [-0.2, -0.15) is 10.3 Å². The zero-order valence-electron chi connectivity index (χ0n) is 7.43. The number of carbonyl (C=O) groups excluding carboxylic acids is 1. The van der Waals surface area contributed by atoms with Crippen molar-refractivity contribution in [3.63, 3.8) is 0 Å². The van der Waals surface area contributed by atoms with Crippen LogP contribution in [0.5, 0.6) is 0 Å². The molecule has 2 rings (SSSR count). The molecule has 2 atom stereocenters. The van der Waals surface area contributed by atoms with E-state index in [0.717, 1.165) is 12.8 Å². The fourth-order valence-electron chi connectivity index (χ4n) is 2.00. The first-order valence-corrected chi connectivity index (χ1v) is 4.31. The van der Waals surface area contributed by atoms with Crippen LogP contribution in [-0.4, -0.2) is 41.7 Å². The molecule has 0 saturated carbocycles. The van der Waals surface area contributed by atoms with Crippen LogP contribution in [0.4, 0.5) is 4.79 Å². The highest BCUT2D eigenvalue weighted by Crippen LogP contribution is 2.28. The van der Waals surface area contributed by atoms with E-state index in [1.807, 2.05) is 0 Å². The van der Waals surface area contributed by atoms with Gasteiger partial charge in [-0.15, -0.1) is 0 Å². The number of fused-ring (bicyclic) bond motifs is 2. The van der Waals surface area contributed by atoms with Gasteiger partial charge in [0.05, 0.1) is 19.2 Å². The molecule has 2 saturated heterocycles. The molecule has 2 amide bonds. The Labute approximate surface area is 76.4 Å². The zero-order valence-corrected chi connectivity index (χ0v) is 7.43. The van der Waals surface area contributed by atoms with Crippen LogP contribution in [0.3, 0.4) is 0 Å². The number of hydroxylamine groups is 2. The lowest BCUT2D eigenvalue weighted by molar-refractivity contribution is -0.0997. The van der Waals surface area contributed by atoms with Gasteiger partial charge < -0.3 is 4.90 Å². The van der Waals surface area contributed by atoms with Gasteiger partial charge in [-0.1, -0.05) is 0 Å². The van der Waals surface area contributed by atoms with Crippen LogP contribution >= 0.6 is 0 Å². The summed E-state index contributed by atoms with van der Waals surface area (Å²) >= 11 is 0. The van der Waals surface area contributed by atoms with E-state index >= 15 is 0 Å². The smallest absolute Gasteiger partial charge is 0.305 e. The number of carbonyl (C=O) groups is 1. The molecule has 0 spiro atoms. The van der Waals surface area contributed by atoms with Crippen LogP contribution in [0.25, 0.3) is 0 Å². The molecular weight excluding hydrogens is 170 g/mol. The van der Waals surface area contributed by atoms with Gasteiger partial charge in [-0.25, -0.2) is 4.79 Å². The molecule has 5 heteroatoms. The van der Waals surface area contributed by atoms with Gasteiger partial charge in [0.15, 0.2) is 0 Å². The maximum absolute atomic E-state index is 11.6. The zero-order chi connectivity index (χ0) is 9.42. The van der Waals surface area contributed by atoms with Crippen molar-refractivity contribution in [3.8, 4) is 6.07 Å². The van der Waals surface area contributed by atoms with Gasteiger partial charge in [0.2, 0.25) is 0 Å². The average molecular weight is 181 g/mol. The van der Waals surface area contributed by atoms with Crippen molar-refractivity contribution in [1.82, 2.24) is 9.96 Å².